The number of allylic oxidation sites excluding steroid dienone is 1. The molecule has 0 unspecified atom stereocenters. The molecule has 1 aromatic carbocycles. The molecule has 0 aromatic heterocycles. The summed E-state index contributed by atoms with van der Waals surface area (Å²) in [5.41, 5.74) is 1.47. The molecule has 0 saturated carbocycles. The van der Waals surface area contributed by atoms with E-state index in [0.717, 1.165) is 5.56 Å². The second-order valence-corrected chi connectivity index (χ2v) is 2.72. The summed E-state index contributed by atoms with van der Waals surface area (Å²) in [6.07, 6.45) is 3.05. The van der Waals surface area contributed by atoms with Crippen molar-refractivity contribution in [2.24, 2.45) is 5.16 Å². The molecule has 1 aliphatic rings. The van der Waals surface area contributed by atoms with E-state index >= 15 is 0 Å². The first-order chi connectivity index (χ1) is 6.33. The van der Waals surface area contributed by atoms with E-state index < -0.39 is 0 Å². The van der Waals surface area contributed by atoms with E-state index in [4.69, 9.17) is 0 Å². The van der Waals surface area contributed by atoms with Crippen LogP contribution in [0.2, 0.25) is 0 Å². The van der Waals surface area contributed by atoms with Crippen molar-refractivity contribution in [3.8, 4) is 0 Å². The predicted molar refractivity (Wildman–Crippen MR) is 50.4 cm³/mol. The summed E-state index contributed by atoms with van der Waals surface area (Å²) in [6, 6.07) is 7.18. The van der Waals surface area contributed by atoms with Gasteiger partial charge in [-0.25, -0.2) is 0 Å². The summed E-state index contributed by atoms with van der Waals surface area (Å²) < 4.78 is 0. The molecule has 0 aliphatic heterocycles. The van der Waals surface area contributed by atoms with Crippen molar-refractivity contribution in [3.63, 3.8) is 0 Å². The molecule has 0 N–H and O–H groups in total. The number of rotatable bonds is 0. The largest absolute Gasteiger partial charge is 1.00 e. The molecule has 64 valence electrons. The van der Waals surface area contributed by atoms with Gasteiger partial charge in [-0.1, -0.05) is 30.3 Å². The fraction of sp³-hybridized carbons (Fsp3) is 0. The molecule has 1 aromatic rings. The van der Waals surface area contributed by atoms with Crippen LogP contribution >= 0.6 is 0 Å². The number of carbonyl (C=O) groups excluding carboxylic acids is 1. The summed E-state index contributed by atoms with van der Waals surface area (Å²) >= 11 is 0. The molecule has 0 amide bonds. The van der Waals surface area contributed by atoms with Crippen LogP contribution in [0.25, 0.3) is 6.08 Å². The molecule has 1 aliphatic carbocycles. The molecular weight excluding hydrogens is 189 g/mol. The smallest absolute Gasteiger partial charge is 0.791 e. The van der Waals surface area contributed by atoms with Crippen molar-refractivity contribution in [1.29, 1.82) is 0 Å². The van der Waals surface area contributed by atoms with Crippen LogP contribution in [0.4, 0.5) is 0 Å². The molecule has 0 saturated heterocycles. The van der Waals surface area contributed by atoms with E-state index in [1.54, 1.807) is 18.2 Å². The zero-order valence-electron chi connectivity index (χ0n) is 7.73. The van der Waals surface area contributed by atoms with Gasteiger partial charge >= 0.3 is 29.6 Å². The molecule has 0 bridgehead atoms. The minimum absolute atomic E-state index is 0. The van der Waals surface area contributed by atoms with Crippen LogP contribution in [0.5, 0.6) is 0 Å². The average Bonchev–Trinajstić information content (AvgIpc) is 2.18. The molecule has 2 rings (SSSR count). The van der Waals surface area contributed by atoms with Crippen molar-refractivity contribution in [2.45, 2.75) is 0 Å². The zero-order valence-corrected chi connectivity index (χ0v) is 9.73. The van der Waals surface area contributed by atoms with Gasteiger partial charge in [-0.15, -0.1) is 0 Å². The summed E-state index contributed by atoms with van der Waals surface area (Å²) in [6.45, 7) is 0. The van der Waals surface area contributed by atoms with Gasteiger partial charge < -0.3 is 10.4 Å². The van der Waals surface area contributed by atoms with E-state index in [9.17, 15) is 10.0 Å². The fourth-order valence-electron chi connectivity index (χ4n) is 1.33. The van der Waals surface area contributed by atoms with Crippen LogP contribution in [-0.2, 0) is 4.79 Å². The number of fused-ring (bicyclic) bond motifs is 1. The molecule has 14 heavy (non-hydrogen) atoms. The minimum Gasteiger partial charge on any atom is -0.791 e. The number of ketones is 1. The molecule has 3 nitrogen and oxygen atoms in total. The Bertz CT molecular complexity index is 424. The Morgan fingerprint density at radius 2 is 1.86 bits per heavy atom. The van der Waals surface area contributed by atoms with E-state index in [0.29, 0.717) is 5.56 Å². The second-order valence-electron chi connectivity index (χ2n) is 2.72. The predicted octanol–water partition coefficient (Wildman–Crippen LogP) is -1.43. The Kier molecular flexibility index (Phi) is 3.63. The summed E-state index contributed by atoms with van der Waals surface area (Å²) in [5.74, 6) is -0.325. The first-order valence-electron chi connectivity index (χ1n) is 3.85. The van der Waals surface area contributed by atoms with Gasteiger partial charge in [0, 0.05) is 5.56 Å². The Morgan fingerprint density at radius 1 is 1.14 bits per heavy atom. The van der Waals surface area contributed by atoms with Gasteiger partial charge in [0.15, 0.2) is 0 Å². The Morgan fingerprint density at radius 3 is 2.57 bits per heavy atom. The molecule has 0 spiro atoms. The minimum atomic E-state index is -0.325. The van der Waals surface area contributed by atoms with Crippen LogP contribution in [0.1, 0.15) is 11.1 Å². The Labute approximate surface area is 103 Å². The topological polar surface area (TPSA) is 52.5 Å². The van der Waals surface area contributed by atoms with Crippen LogP contribution in [0.3, 0.4) is 0 Å². The maximum Gasteiger partial charge on any atom is 1.00 e. The third-order valence-corrected chi connectivity index (χ3v) is 1.95. The number of nitrogens with zero attached hydrogens (tertiary/aromatic N) is 1. The number of hydrogen-bond donors (Lipinski definition) is 0. The van der Waals surface area contributed by atoms with Crippen molar-refractivity contribution in [2.75, 3.05) is 0 Å². The maximum atomic E-state index is 11.2. The first-order valence-corrected chi connectivity index (χ1v) is 3.85. The SMILES string of the molecule is O=C1C=Cc2ccccc2/C1=N/[O-].[Na+]. The zero-order chi connectivity index (χ0) is 9.26. The van der Waals surface area contributed by atoms with Crippen molar-refractivity contribution in [1.82, 2.24) is 0 Å². The molecule has 4 heteroatoms. The van der Waals surface area contributed by atoms with Gasteiger partial charge in [0.1, 0.15) is 5.71 Å². The molecule has 0 fully saturated rings. The van der Waals surface area contributed by atoms with Gasteiger partial charge in [-0.2, -0.15) is 0 Å². The molecule has 0 heterocycles. The van der Waals surface area contributed by atoms with E-state index in [1.807, 2.05) is 12.1 Å². The quantitative estimate of drug-likeness (QED) is 0.376. The summed E-state index contributed by atoms with van der Waals surface area (Å²) in [4.78, 5) is 11.2. The fourth-order valence-corrected chi connectivity index (χ4v) is 1.33. The summed E-state index contributed by atoms with van der Waals surface area (Å²) in [7, 11) is 0. The van der Waals surface area contributed by atoms with Gasteiger partial charge in [0.25, 0.3) is 0 Å². The molecular formula is C10H6NNaO2. The summed E-state index contributed by atoms with van der Waals surface area (Å²) in [5, 5.41) is 13.1. The number of hydrogen-bond acceptors (Lipinski definition) is 3. The van der Waals surface area contributed by atoms with Gasteiger partial charge in [0.2, 0.25) is 5.78 Å². The average molecular weight is 195 g/mol. The van der Waals surface area contributed by atoms with Gasteiger partial charge in [-0.3, -0.25) is 4.79 Å². The van der Waals surface area contributed by atoms with E-state index in [-0.39, 0.29) is 41.1 Å². The number of benzene rings is 1. The van der Waals surface area contributed by atoms with E-state index in [2.05, 4.69) is 5.16 Å². The number of carbonyl (C=O) groups is 1. The third kappa shape index (κ3) is 1.80. The Balaban J connectivity index is 0.000000980. The standard InChI is InChI=1S/C10H7NO2.Na/c12-9-6-5-7-3-1-2-4-8(7)10(9)11-13;/h1-6,13H;/q;+1/p-1/b11-10-;. The maximum absolute atomic E-state index is 11.2. The van der Waals surface area contributed by atoms with Gasteiger partial charge in [0.05, 0.1) is 0 Å². The van der Waals surface area contributed by atoms with Crippen LogP contribution in [-0.4, -0.2) is 11.5 Å². The van der Waals surface area contributed by atoms with Crippen LogP contribution in [0.15, 0.2) is 35.5 Å². The van der Waals surface area contributed by atoms with Crippen LogP contribution in [0, 0.1) is 5.21 Å². The third-order valence-electron chi connectivity index (χ3n) is 1.95. The van der Waals surface area contributed by atoms with Gasteiger partial charge in [-0.05, 0) is 11.6 Å². The second kappa shape index (κ2) is 4.55. The van der Waals surface area contributed by atoms with Crippen molar-refractivity contribution < 1.29 is 34.4 Å². The first kappa shape index (κ1) is 11.2. The van der Waals surface area contributed by atoms with E-state index in [1.165, 1.54) is 6.08 Å². The van der Waals surface area contributed by atoms with Crippen LogP contribution < -0.4 is 29.6 Å². The molecule has 0 atom stereocenters. The van der Waals surface area contributed by atoms with Crippen molar-refractivity contribution >= 4 is 17.6 Å². The monoisotopic (exact) mass is 195 g/mol. The normalized spacial score (nSPS) is 16.3. The molecule has 0 radical (unpaired) electrons. The van der Waals surface area contributed by atoms with Crippen molar-refractivity contribution in [3.05, 3.63) is 46.7 Å². The Hall–Kier alpha value is -0.900.